The van der Waals surface area contributed by atoms with E-state index >= 15 is 0 Å². The van der Waals surface area contributed by atoms with Crippen LogP contribution in [0.1, 0.15) is 27.7 Å². The molecule has 0 rings (SSSR count). The second-order valence-corrected chi connectivity index (χ2v) is 3.47. The Morgan fingerprint density at radius 2 is 1.00 bits per heavy atom. The molecule has 0 fully saturated rings. The minimum absolute atomic E-state index is 0.132. The molecule has 0 aromatic heterocycles. The Kier molecular flexibility index (Phi) is 9.93. The Balaban J connectivity index is 0. The lowest BCUT2D eigenvalue weighted by Crippen LogP contribution is -2.17. The van der Waals surface area contributed by atoms with Crippen molar-refractivity contribution in [3.05, 3.63) is 0 Å². The Labute approximate surface area is 84.9 Å². The summed E-state index contributed by atoms with van der Waals surface area (Å²) in [6.45, 7) is 6.55. The molecule has 0 amide bonds. The summed E-state index contributed by atoms with van der Waals surface area (Å²) in [6, 6.07) is 0. The number of hydrogen-bond acceptors (Lipinski definition) is 4. The summed E-state index contributed by atoms with van der Waals surface area (Å²) in [5, 5.41) is 16.8. The van der Waals surface area contributed by atoms with Crippen LogP contribution in [0.3, 0.4) is 0 Å². The van der Waals surface area contributed by atoms with Crippen molar-refractivity contribution < 1.29 is 19.8 Å². The van der Waals surface area contributed by atoms with Gasteiger partial charge in [0, 0.05) is 11.8 Å². The van der Waals surface area contributed by atoms with Gasteiger partial charge >= 0.3 is 0 Å². The first-order chi connectivity index (χ1) is 6.36. The van der Waals surface area contributed by atoms with Crippen LogP contribution in [0.25, 0.3) is 0 Å². The Hall–Kier alpha value is -0.740. The van der Waals surface area contributed by atoms with Crippen LogP contribution in [0, 0.1) is 11.8 Å². The molecule has 0 saturated heterocycles. The molecule has 0 heterocycles. The van der Waals surface area contributed by atoms with Crippen molar-refractivity contribution in [3.63, 3.8) is 0 Å². The third kappa shape index (κ3) is 9.35. The molecule has 0 aliphatic rings. The van der Waals surface area contributed by atoms with Gasteiger partial charge in [-0.3, -0.25) is 0 Å². The van der Waals surface area contributed by atoms with Crippen molar-refractivity contribution >= 4 is 12.6 Å². The topological polar surface area (TPSA) is 74.6 Å². The van der Waals surface area contributed by atoms with Gasteiger partial charge < -0.3 is 19.8 Å². The van der Waals surface area contributed by atoms with Gasteiger partial charge in [-0.2, -0.15) is 0 Å². The summed E-state index contributed by atoms with van der Waals surface area (Å²) in [4.78, 5) is 19.9. The van der Waals surface area contributed by atoms with Gasteiger partial charge in [0.25, 0.3) is 0 Å². The van der Waals surface area contributed by atoms with Gasteiger partial charge in [-0.1, -0.05) is 13.8 Å². The van der Waals surface area contributed by atoms with Crippen molar-refractivity contribution in [2.75, 3.05) is 0 Å². The lowest BCUT2D eigenvalue weighted by molar-refractivity contribution is -0.118. The summed E-state index contributed by atoms with van der Waals surface area (Å²) in [5.41, 5.74) is 0. The Bertz CT molecular complexity index is 136. The molecule has 0 aromatic carbocycles. The number of aliphatic hydroxyl groups is 2. The van der Waals surface area contributed by atoms with Crippen molar-refractivity contribution in [1.82, 2.24) is 0 Å². The fourth-order valence-electron chi connectivity index (χ4n) is 0.248. The van der Waals surface area contributed by atoms with Gasteiger partial charge in [0.1, 0.15) is 12.6 Å². The molecule has 84 valence electrons. The first-order valence-corrected chi connectivity index (χ1v) is 4.63. The quantitative estimate of drug-likeness (QED) is 0.650. The molecule has 0 radical (unpaired) electrons. The highest BCUT2D eigenvalue weighted by Gasteiger charge is 2.07. The molecule has 0 bridgehead atoms. The van der Waals surface area contributed by atoms with Crippen LogP contribution in [0.15, 0.2) is 0 Å². The van der Waals surface area contributed by atoms with E-state index in [1.54, 1.807) is 27.7 Å². The van der Waals surface area contributed by atoms with E-state index in [0.717, 1.165) is 12.6 Å². The van der Waals surface area contributed by atoms with E-state index < -0.39 is 12.2 Å². The molecule has 4 nitrogen and oxygen atoms in total. The lowest BCUT2D eigenvalue weighted by atomic mass is 10.00. The zero-order chi connectivity index (χ0) is 11.7. The summed E-state index contributed by atoms with van der Waals surface area (Å²) in [7, 11) is 0. The van der Waals surface area contributed by atoms with Gasteiger partial charge in [0.05, 0.1) is 12.2 Å². The molecule has 0 saturated carbocycles. The molecule has 0 aromatic rings. The highest BCUT2D eigenvalue weighted by Crippen LogP contribution is 2.02. The number of carbonyl (C=O) groups is 2. The van der Waals surface area contributed by atoms with E-state index in [1.807, 2.05) is 0 Å². The van der Waals surface area contributed by atoms with Crippen molar-refractivity contribution in [2.45, 2.75) is 39.9 Å². The zero-order valence-corrected chi connectivity index (χ0v) is 9.18. The lowest BCUT2D eigenvalue weighted by Gasteiger charge is -2.03. The number of carbonyl (C=O) groups excluding carboxylic acids is 2. The van der Waals surface area contributed by atoms with Crippen LogP contribution in [-0.2, 0) is 9.59 Å². The van der Waals surface area contributed by atoms with Crippen molar-refractivity contribution in [3.8, 4) is 0 Å². The summed E-state index contributed by atoms with van der Waals surface area (Å²) in [6.07, 6.45) is 0.396. The van der Waals surface area contributed by atoms with E-state index in [2.05, 4.69) is 0 Å². The predicted octanol–water partition coefficient (Wildman–Crippen LogP) is 0.404. The highest BCUT2D eigenvalue weighted by molar-refractivity contribution is 5.63. The average Bonchev–Trinajstić information content (AvgIpc) is 2.16. The number of rotatable bonds is 4. The molecule has 4 unspecified atom stereocenters. The minimum Gasteiger partial charge on any atom is -0.391 e. The van der Waals surface area contributed by atoms with E-state index in [0.29, 0.717) is 0 Å². The summed E-state index contributed by atoms with van der Waals surface area (Å²) < 4.78 is 0. The number of aldehydes is 2. The molecule has 2 N–H and O–H groups in total. The van der Waals surface area contributed by atoms with E-state index in [4.69, 9.17) is 10.2 Å². The summed E-state index contributed by atoms with van der Waals surface area (Å²) in [5.74, 6) is -0.264. The highest BCUT2D eigenvalue weighted by atomic mass is 16.3. The molecule has 4 atom stereocenters. The maximum atomic E-state index is 9.95. The van der Waals surface area contributed by atoms with E-state index in [1.165, 1.54) is 0 Å². The maximum Gasteiger partial charge on any atom is 0.123 e. The number of aliphatic hydroxyl groups excluding tert-OH is 2. The minimum atomic E-state index is -0.593. The first-order valence-electron chi connectivity index (χ1n) is 4.63. The maximum absolute atomic E-state index is 9.95. The van der Waals surface area contributed by atoms with Gasteiger partial charge in [-0.15, -0.1) is 0 Å². The Morgan fingerprint density at radius 1 is 0.786 bits per heavy atom. The number of hydrogen-bond donors (Lipinski definition) is 2. The van der Waals surface area contributed by atoms with Crippen molar-refractivity contribution in [1.29, 1.82) is 0 Å². The second kappa shape index (κ2) is 8.84. The SMILES string of the molecule is CC(C=O)C(C)C=O.CC(O)C(C)O. The van der Waals surface area contributed by atoms with Crippen LogP contribution < -0.4 is 0 Å². The molecule has 0 aliphatic heterocycles. The van der Waals surface area contributed by atoms with Crippen LogP contribution in [0.5, 0.6) is 0 Å². The van der Waals surface area contributed by atoms with E-state index in [-0.39, 0.29) is 11.8 Å². The monoisotopic (exact) mass is 204 g/mol. The second-order valence-electron chi connectivity index (χ2n) is 3.47. The van der Waals surface area contributed by atoms with Crippen LogP contribution in [-0.4, -0.2) is 35.0 Å². The predicted molar refractivity (Wildman–Crippen MR) is 53.8 cm³/mol. The van der Waals surface area contributed by atoms with Gasteiger partial charge in [0.2, 0.25) is 0 Å². The molecule has 0 spiro atoms. The zero-order valence-electron chi connectivity index (χ0n) is 9.18. The normalized spacial score (nSPS) is 18.1. The van der Waals surface area contributed by atoms with E-state index in [9.17, 15) is 9.59 Å². The van der Waals surface area contributed by atoms with Crippen LogP contribution in [0.2, 0.25) is 0 Å². The molecular formula is C10H20O4. The van der Waals surface area contributed by atoms with Crippen LogP contribution >= 0.6 is 0 Å². The molecular weight excluding hydrogens is 184 g/mol. The molecule has 14 heavy (non-hydrogen) atoms. The average molecular weight is 204 g/mol. The third-order valence-corrected chi connectivity index (χ3v) is 1.96. The van der Waals surface area contributed by atoms with Gasteiger partial charge in [0.15, 0.2) is 0 Å². The van der Waals surface area contributed by atoms with Crippen molar-refractivity contribution in [2.24, 2.45) is 11.8 Å². The van der Waals surface area contributed by atoms with Crippen LogP contribution in [0.4, 0.5) is 0 Å². The Morgan fingerprint density at radius 3 is 1.07 bits per heavy atom. The smallest absolute Gasteiger partial charge is 0.123 e. The van der Waals surface area contributed by atoms with Gasteiger partial charge in [-0.25, -0.2) is 0 Å². The summed E-state index contributed by atoms with van der Waals surface area (Å²) >= 11 is 0. The standard InChI is InChI=1S/C6H10O2.C4H10O2/c1-5(3-7)6(2)4-8;1-3(5)4(2)6/h3-6H,1-2H3;3-6H,1-2H3. The fourth-order valence-corrected chi connectivity index (χ4v) is 0.248. The molecule has 0 aliphatic carbocycles. The fraction of sp³-hybridized carbons (Fsp3) is 0.800. The largest absolute Gasteiger partial charge is 0.391 e. The molecule has 4 heteroatoms. The first kappa shape index (κ1) is 15.7. The van der Waals surface area contributed by atoms with Gasteiger partial charge in [-0.05, 0) is 13.8 Å². The third-order valence-electron chi connectivity index (χ3n) is 1.96.